The minimum Gasteiger partial charge on any atom is -0.393 e. The fourth-order valence-electron chi connectivity index (χ4n) is 7.31. The van der Waals surface area contributed by atoms with E-state index >= 15 is 0 Å². The fourth-order valence-corrected chi connectivity index (χ4v) is 7.31. The van der Waals surface area contributed by atoms with E-state index in [1.807, 2.05) is 0 Å². The van der Waals surface area contributed by atoms with Gasteiger partial charge >= 0.3 is 0 Å². The third-order valence-electron chi connectivity index (χ3n) is 9.42. The summed E-state index contributed by atoms with van der Waals surface area (Å²) >= 11 is 0. The minimum absolute atomic E-state index is 0.137. The van der Waals surface area contributed by atoms with Crippen molar-refractivity contribution < 1.29 is 5.11 Å². The molecule has 4 rings (SSSR count). The first kappa shape index (κ1) is 21.9. The average molecular weight is 407 g/mol. The van der Waals surface area contributed by atoms with Gasteiger partial charge in [-0.3, -0.25) is 0 Å². The molecule has 7 unspecified atom stereocenters. The molecule has 0 bridgehead atoms. The monoisotopic (exact) mass is 406 g/mol. The lowest BCUT2D eigenvalue weighted by molar-refractivity contribution is 0.0719. The van der Waals surface area contributed by atoms with E-state index in [1.54, 1.807) is 11.1 Å². The van der Waals surface area contributed by atoms with Crippen LogP contribution >= 0.6 is 0 Å². The van der Waals surface area contributed by atoms with E-state index in [0.29, 0.717) is 29.1 Å². The highest BCUT2D eigenvalue weighted by molar-refractivity contribution is 5.51. The average Bonchev–Trinajstić information content (AvgIpc) is 3.06. The van der Waals surface area contributed by atoms with Crippen molar-refractivity contribution in [2.45, 2.75) is 85.7 Å². The number of aliphatic hydroxyl groups excluding tert-OH is 1. The maximum absolute atomic E-state index is 10.2. The van der Waals surface area contributed by atoms with Crippen LogP contribution in [0.5, 0.6) is 0 Å². The Kier molecular flexibility index (Phi) is 5.81. The molecule has 2 saturated carbocycles. The second-order valence-electron chi connectivity index (χ2n) is 11.2. The van der Waals surface area contributed by atoms with Crippen LogP contribution in [0, 0.1) is 34.5 Å². The Balaban J connectivity index is 1.58. The minimum atomic E-state index is -0.137. The van der Waals surface area contributed by atoms with Crippen LogP contribution in [0.2, 0.25) is 0 Å². The molecular weight excluding hydrogens is 364 g/mol. The van der Waals surface area contributed by atoms with Gasteiger partial charge in [0.15, 0.2) is 0 Å². The predicted molar refractivity (Wildman–Crippen MR) is 128 cm³/mol. The van der Waals surface area contributed by atoms with Crippen LogP contribution in [0.25, 0.3) is 0 Å². The molecule has 0 aromatic rings. The summed E-state index contributed by atoms with van der Waals surface area (Å²) in [5, 5.41) is 10.2. The zero-order valence-corrected chi connectivity index (χ0v) is 19.9. The van der Waals surface area contributed by atoms with Crippen LogP contribution < -0.4 is 0 Å². The molecule has 0 aromatic carbocycles. The summed E-state index contributed by atoms with van der Waals surface area (Å²) in [7, 11) is 0. The number of rotatable bonds is 5. The van der Waals surface area contributed by atoms with E-state index in [-0.39, 0.29) is 11.5 Å². The van der Waals surface area contributed by atoms with Crippen LogP contribution in [0.4, 0.5) is 0 Å². The summed E-state index contributed by atoms with van der Waals surface area (Å²) in [4.78, 5) is 0. The second kappa shape index (κ2) is 7.97. The highest BCUT2D eigenvalue weighted by Crippen LogP contribution is 2.64. The van der Waals surface area contributed by atoms with Gasteiger partial charge in [-0.25, -0.2) is 0 Å². The van der Waals surface area contributed by atoms with Gasteiger partial charge in [0.1, 0.15) is 0 Å². The number of allylic oxidation sites excluding steroid dienone is 8. The normalized spacial score (nSPS) is 39.9. The highest BCUT2D eigenvalue weighted by Gasteiger charge is 2.53. The van der Waals surface area contributed by atoms with Crippen LogP contribution in [0.1, 0.15) is 79.6 Å². The van der Waals surface area contributed by atoms with Crippen molar-refractivity contribution in [2.75, 3.05) is 0 Å². The Bertz CT molecular complexity index is 823. The molecule has 0 aliphatic heterocycles. The van der Waals surface area contributed by atoms with Gasteiger partial charge in [0.25, 0.3) is 0 Å². The molecule has 2 fully saturated rings. The topological polar surface area (TPSA) is 20.2 Å². The highest BCUT2D eigenvalue weighted by atomic mass is 16.3. The molecule has 0 spiro atoms. The Morgan fingerprint density at radius 2 is 1.93 bits per heavy atom. The van der Waals surface area contributed by atoms with E-state index < -0.39 is 0 Å². The van der Waals surface area contributed by atoms with E-state index in [4.69, 9.17) is 0 Å². The standard InChI is InChI=1S/C29H42O/c1-7-21(19(2)3)9-8-20(4)25-12-13-26-24-11-10-22-18-23(30)14-16-28(22,5)27(24)15-17-29(25,26)6/h8-11,13,20-21,23,25,27,30H,2,7,12,14-18H2,1,3-6H3. The van der Waals surface area contributed by atoms with Gasteiger partial charge < -0.3 is 5.11 Å². The summed E-state index contributed by atoms with van der Waals surface area (Å²) in [6, 6.07) is 0. The van der Waals surface area contributed by atoms with Gasteiger partial charge in [0.2, 0.25) is 0 Å². The molecule has 0 radical (unpaired) electrons. The molecule has 164 valence electrons. The van der Waals surface area contributed by atoms with Crippen LogP contribution in [0.3, 0.4) is 0 Å². The predicted octanol–water partition coefficient (Wildman–Crippen LogP) is 7.56. The molecule has 1 heteroatoms. The molecule has 4 aliphatic rings. The zero-order chi connectivity index (χ0) is 21.7. The maximum atomic E-state index is 10.2. The molecule has 0 amide bonds. The molecule has 0 heterocycles. The van der Waals surface area contributed by atoms with Crippen molar-refractivity contribution in [3.63, 3.8) is 0 Å². The summed E-state index contributed by atoms with van der Waals surface area (Å²) in [6.07, 6.45) is 20.1. The van der Waals surface area contributed by atoms with Crippen molar-refractivity contribution in [1.29, 1.82) is 0 Å². The summed E-state index contributed by atoms with van der Waals surface area (Å²) in [5.74, 6) is 2.43. The van der Waals surface area contributed by atoms with Crippen LogP contribution in [-0.4, -0.2) is 11.2 Å². The first-order valence-corrected chi connectivity index (χ1v) is 12.3. The molecule has 0 saturated heterocycles. The third kappa shape index (κ3) is 3.42. The van der Waals surface area contributed by atoms with Gasteiger partial charge in [0.05, 0.1) is 6.10 Å². The quantitative estimate of drug-likeness (QED) is 0.467. The lowest BCUT2D eigenvalue weighted by Gasteiger charge is -2.53. The van der Waals surface area contributed by atoms with Gasteiger partial charge in [-0.05, 0) is 97.5 Å². The van der Waals surface area contributed by atoms with Crippen LogP contribution in [-0.2, 0) is 0 Å². The molecule has 7 atom stereocenters. The van der Waals surface area contributed by atoms with Crippen molar-refractivity contribution in [2.24, 2.45) is 34.5 Å². The molecule has 4 aliphatic carbocycles. The Hall–Kier alpha value is -1.34. The lowest BCUT2D eigenvalue weighted by Crippen LogP contribution is -2.44. The maximum Gasteiger partial charge on any atom is 0.0578 e. The lowest BCUT2D eigenvalue weighted by atomic mass is 9.51. The van der Waals surface area contributed by atoms with E-state index in [1.165, 1.54) is 30.4 Å². The van der Waals surface area contributed by atoms with E-state index in [9.17, 15) is 5.11 Å². The second-order valence-corrected chi connectivity index (χ2v) is 11.2. The van der Waals surface area contributed by atoms with E-state index in [0.717, 1.165) is 25.7 Å². The molecular formula is C29H42O. The van der Waals surface area contributed by atoms with Gasteiger partial charge in [0, 0.05) is 0 Å². The van der Waals surface area contributed by atoms with Crippen molar-refractivity contribution in [1.82, 2.24) is 0 Å². The molecule has 0 aromatic heterocycles. The van der Waals surface area contributed by atoms with Crippen molar-refractivity contribution >= 4 is 0 Å². The summed E-state index contributed by atoms with van der Waals surface area (Å²) in [6.45, 7) is 16.0. The molecule has 1 nitrogen and oxygen atoms in total. The zero-order valence-electron chi connectivity index (χ0n) is 19.9. The van der Waals surface area contributed by atoms with E-state index in [2.05, 4.69) is 71.6 Å². The van der Waals surface area contributed by atoms with Gasteiger partial charge in [-0.2, -0.15) is 0 Å². The first-order chi connectivity index (χ1) is 14.2. The number of hydrogen-bond donors (Lipinski definition) is 1. The number of aliphatic hydroxyl groups is 1. The summed E-state index contributed by atoms with van der Waals surface area (Å²) in [5.41, 5.74) is 6.60. The first-order valence-electron chi connectivity index (χ1n) is 12.3. The third-order valence-corrected chi connectivity index (χ3v) is 9.42. The van der Waals surface area contributed by atoms with Crippen molar-refractivity contribution in [3.05, 3.63) is 59.3 Å². The Morgan fingerprint density at radius 3 is 2.63 bits per heavy atom. The van der Waals surface area contributed by atoms with Crippen molar-refractivity contribution in [3.8, 4) is 0 Å². The fraction of sp³-hybridized carbons (Fsp3) is 0.655. The number of hydrogen-bond acceptors (Lipinski definition) is 1. The molecule has 1 N–H and O–H groups in total. The Labute approximate surface area is 184 Å². The van der Waals surface area contributed by atoms with Gasteiger partial charge in [-0.15, -0.1) is 0 Å². The molecule has 30 heavy (non-hydrogen) atoms. The summed E-state index contributed by atoms with van der Waals surface area (Å²) < 4.78 is 0. The van der Waals surface area contributed by atoms with Crippen LogP contribution in [0.15, 0.2) is 59.3 Å². The van der Waals surface area contributed by atoms with Gasteiger partial charge in [-0.1, -0.05) is 75.8 Å². The SMILES string of the molecule is C=C(C)C(C=CC(C)C1CC=C2C3=CC=C4CC(O)CCC4(C)C3CCC21C)CC. The Morgan fingerprint density at radius 1 is 1.20 bits per heavy atom. The largest absolute Gasteiger partial charge is 0.393 e. The smallest absolute Gasteiger partial charge is 0.0578 e. The number of fused-ring (bicyclic) bond motifs is 5.